The number of sulfone groups is 1. The van der Waals surface area contributed by atoms with Gasteiger partial charge in [0.05, 0.1) is 11.5 Å². The Kier molecular flexibility index (Phi) is 4.24. The fraction of sp³-hybridized carbons (Fsp3) is 0.538. The van der Waals surface area contributed by atoms with Crippen molar-refractivity contribution in [1.29, 1.82) is 0 Å². The molecular formula is C13H19NO3S. The van der Waals surface area contributed by atoms with Crippen molar-refractivity contribution in [3.63, 3.8) is 0 Å². The fourth-order valence-electron chi connectivity index (χ4n) is 2.18. The van der Waals surface area contributed by atoms with Crippen molar-refractivity contribution in [2.45, 2.75) is 18.9 Å². The number of rotatable bonds is 4. The van der Waals surface area contributed by atoms with E-state index in [-0.39, 0.29) is 23.5 Å². The quantitative estimate of drug-likeness (QED) is 0.892. The van der Waals surface area contributed by atoms with Crippen molar-refractivity contribution in [3.8, 4) is 5.75 Å². The first-order valence-electron chi connectivity index (χ1n) is 6.21. The van der Waals surface area contributed by atoms with E-state index in [4.69, 9.17) is 10.5 Å². The predicted octanol–water partition coefficient (Wildman–Crippen LogP) is 1.22. The van der Waals surface area contributed by atoms with E-state index in [0.29, 0.717) is 19.4 Å². The second-order valence-corrected chi connectivity index (χ2v) is 7.08. The van der Waals surface area contributed by atoms with E-state index in [2.05, 4.69) is 0 Å². The molecule has 0 saturated carbocycles. The first-order valence-corrected chi connectivity index (χ1v) is 8.03. The minimum Gasteiger partial charge on any atom is -0.492 e. The molecule has 100 valence electrons. The minimum absolute atomic E-state index is 0.0966. The smallest absolute Gasteiger partial charge is 0.150 e. The average Bonchev–Trinajstić information content (AvgIpc) is 2.37. The van der Waals surface area contributed by atoms with Gasteiger partial charge in [0.1, 0.15) is 22.2 Å². The molecule has 5 heteroatoms. The maximum absolute atomic E-state index is 11.3. The van der Waals surface area contributed by atoms with Gasteiger partial charge in [-0.1, -0.05) is 18.2 Å². The first kappa shape index (κ1) is 13.4. The molecule has 0 spiro atoms. The molecule has 0 aliphatic carbocycles. The molecule has 1 aromatic rings. The molecule has 1 unspecified atom stereocenters. The molecule has 1 heterocycles. The SMILES string of the molecule is NC(COc1ccccc1)C1CCS(=O)(=O)CC1. The zero-order valence-electron chi connectivity index (χ0n) is 10.3. The van der Waals surface area contributed by atoms with Gasteiger partial charge in [-0.05, 0) is 30.9 Å². The van der Waals surface area contributed by atoms with Crippen LogP contribution in [-0.4, -0.2) is 32.6 Å². The predicted molar refractivity (Wildman–Crippen MR) is 71.3 cm³/mol. The zero-order chi connectivity index (χ0) is 13.0. The third-order valence-corrected chi connectivity index (χ3v) is 5.11. The van der Waals surface area contributed by atoms with E-state index >= 15 is 0 Å². The van der Waals surface area contributed by atoms with Crippen molar-refractivity contribution in [1.82, 2.24) is 0 Å². The van der Waals surface area contributed by atoms with Crippen LogP contribution in [0.2, 0.25) is 0 Å². The molecule has 4 nitrogen and oxygen atoms in total. The normalized spacial score (nSPS) is 21.4. The van der Waals surface area contributed by atoms with Gasteiger partial charge in [-0.2, -0.15) is 0 Å². The number of ether oxygens (including phenoxy) is 1. The van der Waals surface area contributed by atoms with Crippen LogP contribution in [0.15, 0.2) is 30.3 Å². The van der Waals surface area contributed by atoms with Gasteiger partial charge in [0.25, 0.3) is 0 Å². The van der Waals surface area contributed by atoms with Crippen LogP contribution in [0.1, 0.15) is 12.8 Å². The molecule has 1 aromatic carbocycles. The van der Waals surface area contributed by atoms with Gasteiger partial charge in [0.2, 0.25) is 0 Å². The number of benzene rings is 1. The van der Waals surface area contributed by atoms with Crippen LogP contribution in [0.5, 0.6) is 5.75 Å². The van der Waals surface area contributed by atoms with Gasteiger partial charge < -0.3 is 10.5 Å². The third kappa shape index (κ3) is 3.71. The highest BCUT2D eigenvalue weighted by atomic mass is 32.2. The summed E-state index contributed by atoms with van der Waals surface area (Å²) in [5, 5.41) is 0. The van der Waals surface area contributed by atoms with Gasteiger partial charge in [0, 0.05) is 6.04 Å². The molecule has 1 aliphatic heterocycles. The lowest BCUT2D eigenvalue weighted by atomic mass is 9.95. The largest absolute Gasteiger partial charge is 0.492 e. The Balaban J connectivity index is 1.80. The highest BCUT2D eigenvalue weighted by Gasteiger charge is 2.27. The third-order valence-electron chi connectivity index (χ3n) is 3.39. The van der Waals surface area contributed by atoms with Gasteiger partial charge in [-0.25, -0.2) is 8.42 Å². The van der Waals surface area contributed by atoms with E-state index < -0.39 is 9.84 Å². The van der Waals surface area contributed by atoms with E-state index in [1.807, 2.05) is 30.3 Å². The van der Waals surface area contributed by atoms with Crippen LogP contribution in [0.3, 0.4) is 0 Å². The van der Waals surface area contributed by atoms with E-state index in [9.17, 15) is 8.42 Å². The van der Waals surface area contributed by atoms with Gasteiger partial charge in [-0.3, -0.25) is 0 Å². The van der Waals surface area contributed by atoms with Crippen LogP contribution >= 0.6 is 0 Å². The summed E-state index contributed by atoms with van der Waals surface area (Å²) in [5.41, 5.74) is 6.07. The molecule has 1 aliphatic rings. The topological polar surface area (TPSA) is 69.4 Å². The lowest BCUT2D eigenvalue weighted by Gasteiger charge is -2.27. The summed E-state index contributed by atoms with van der Waals surface area (Å²) >= 11 is 0. The summed E-state index contributed by atoms with van der Waals surface area (Å²) in [6.45, 7) is 0.439. The van der Waals surface area contributed by atoms with Gasteiger partial charge in [0.15, 0.2) is 0 Å². The van der Waals surface area contributed by atoms with Crippen molar-refractivity contribution >= 4 is 9.84 Å². The van der Waals surface area contributed by atoms with E-state index in [1.165, 1.54) is 0 Å². The zero-order valence-corrected chi connectivity index (χ0v) is 11.1. The summed E-state index contributed by atoms with van der Waals surface area (Å²) in [5.74, 6) is 1.57. The lowest BCUT2D eigenvalue weighted by molar-refractivity contribution is 0.237. The van der Waals surface area contributed by atoms with Crippen molar-refractivity contribution in [2.24, 2.45) is 11.7 Å². The molecule has 2 rings (SSSR count). The maximum Gasteiger partial charge on any atom is 0.150 e. The van der Waals surface area contributed by atoms with Crippen molar-refractivity contribution < 1.29 is 13.2 Å². The summed E-state index contributed by atoms with van der Waals surface area (Å²) < 4.78 is 28.3. The van der Waals surface area contributed by atoms with Crippen LogP contribution in [0, 0.1) is 5.92 Å². The summed E-state index contributed by atoms with van der Waals surface area (Å²) in [6, 6.07) is 9.43. The molecule has 1 fully saturated rings. The molecule has 2 N–H and O–H groups in total. The number of para-hydroxylation sites is 1. The highest BCUT2D eigenvalue weighted by molar-refractivity contribution is 7.91. The standard InChI is InChI=1S/C13H19NO3S/c14-13(10-17-12-4-2-1-3-5-12)11-6-8-18(15,16)9-7-11/h1-5,11,13H,6-10,14H2. The Morgan fingerprint density at radius 3 is 2.44 bits per heavy atom. The Morgan fingerprint density at radius 1 is 1.22 bits per heavy atom. The maximum atomic E-state index is 11.3. The van der Waals surface area contributed by atoms with Crippen LogP contribution in [0.25, 0.3) is 0 Å². The molecule has 0 bridgehead atoms. The van der Waals surface area contributed by atoms with Crippen LogP contribution < -0.4 is 10.5 Å². The van der Waals surface area contributed by atoms with Crippen LogP contribution in [0.4, 0.5) is 0 Å². The number of hydrogen-bond donors (Lipinski definition) is 1. The summed E-state index contributed by atoms with van der Waals surface area (Å²) in [4.78, 5) is 0. The van der Waals surface area contributed by atoms with Crippen molar-refractivity contribution in [3.05, 3.63) is 30.3 Å². The molecule has 0 amide bonds. The van der Waals surface area contributed by atoms with Crippen molar-refractivity contribution in [2.75, 3.05) is 18.1 Å². The van der Waals surface area contributed by atoms with Gasteiger partial charge in [-0.15, -0.1) is 0 Å². The summed E-state index contributed by atoms with van der Waals surface area (Å²) in [7, 11) is -2.81. The summed E-state index contributed by atoms with van der Waals surface area (Å²) in [6.07, 6.45) is 1.31. The molecule has 0 radical (unpaired) electrons. The van der Waals surface area contributed by atoms with E-state index in [0.717, 1.165) is 5.75 Å². The molecular weight excluding hydrogens is 250 g/mol. The molecule has 1 atom stereocenters. The second-order valence-electron chi connectivity index (χ2n) is 4.78. The first-order chi connectivity index (χ1) is 8.57. The Labute approximate surface area is 108 Å². The Bertz CT molecular complexity index is 458. The lowest BCUT2D eigenvalue weighted by Crippen LogP contribution is -2.40. The number of nitrogens with two attached hydrogens (primary N) is 1. The van der Waals surface area contributed by atoms with Gasteiger partial charge >= 0.3 is 0 Å². The molecule has 18 heavy (non-hydrogen) atoms. The monoisotopic (exact) mass is 269 g/mol. The Hall–Kier alpha value is -1.07. The molecule has 1 saturated heterocycles. The number of hydrogen-bond acceptors (Lipinski definition) is 4. The fourth-order valence-corrected chi connectivity index (χ4v) is 3.71. The highest BCUT2D eigenvalue weighted by Crippen LogP contribution is 2.21. The van der Waals surface area contributed by atoms with Crippen LogP contribution in [-0.2, 0) is 9.84 Å². The minimum atomic E-state index is -2.81. The Morgan fingerprint density at radius 2 is 1.83 bits per heavy atom. The van der Waals surface area contributed by atoms with E-state index in [1.54, 1.807) is 0 Å². The second kappa shape index (κ2) is 5.71. The molecule has 0 aromatic heterocycles. The average molecular weight is 269 g/mol.